The fraction of sp³-hybridized carbons (Fsp3) is 0.458. The van der Waals surface area contributed by atoms with Crippen LogP contribution in [0.4, 0.5) is 0 Å². The van der Waals surface area contributed by atoms with E-state index in [0.29, 0.717) is 6.61 Å². The Morgan fingerprint density at radius 1 is 1.10 bits per heavy atom. The minimum atomic E-state index is -0.615. The summed E-state index contributed by atoms with van der Waals surface area (Å²) in [7, 11) is 0. The number of carbonyl (C=O) groups is 1. The van der Waals surface area contributed by atoms with Gasteiger partial charge >= 0.3 is 5.97 Å². The molecule has 29 heavy (non-hydrogen) atoms. The summed E-state index contributed by atoms with van der Waals surface area (Å²) in [5.74, 6) is -0.136. The zero-order valence-corrected chi connectivity index (χ0v) is 19.1. The Kier molecular flexibility index (Phi) is 6.87. The summed E-state index contributed by atoms with van der Waals surface area (Å²) in [5.41, 5.74) is 6.53. The molecule has 156 valence electrons. The maximum Gasteiger partial charge on any atom is 0.316 e. The maximum absolute atomic E-state index is 12.6. The van der Waals surface area contributed by atoms with E-state index >= 15 is 0 Å². The first-order valence-corrected chi connectivity index (χ1v) is 11.2. The van der Waals surface area contributed by atoms with E-state index in [1.54, 1.807) is 16.9 Å². The number of fused-ring (bicyclic) bond motifs is 2. The summed E-state index contributed by atoms with van der Waals surface area (Å²) in [5, 5.41) is 3.48. The number of thiophene rings is 1. The lowest BCUT2D eigenvalue weighted by Gasteiger charge is -2.22. The number of rotatable bonds is 3. The second kappa shape index (κ2) is 9.03. The molecule has 3 nitrogen and oxygen atoms in total. The van der Waals surface area contributed by atoms with Crippen molar-refractivity contribution in [2.75, 3.05) is 19.7 Å². The molecule has 1 saturated heterocycles. The number of ether oxygens (including phenoxy) is 1. The SMILES string of the molecule is CCOC(=O)C(C)(C)c1cc2c(s1)CCc1ccccc1C2=C1CCNCC1.Cl. The van der Waals surface area contributed by atoms with E-state index < -0.39 is 5.41 Å². The van der Waals surface area contributed by atoms with E-state index in [4.69, 9.17) is 4.74 Å². The van der Waals surface area contributed by atoms with E-state index in [1.165, 1.54) is 27.1 Å². The van der Waals surface area contributed by atoms with Gasteiger partial charge in [-0.15, -0.1) is 23.7 Å². The standard InChI is InChI=1S/C24H29NO2S.ClH/c1-4-27-23(26)24(2,3)21-15-19-20(28-21)10-9-16-7-5-6-8-18(16)22(19)17-11-13-25-14-12-17;/h5-8,15,25H,4,9-14H2,1-3H3;1H. The zero-order chi connectivity index (χ0) is 19.7. The predicted molar refractivity (Wildman–Crippen MR) is 123 cm³/mol. The molecule has 1 N–H and O–H groups in total. The number of piperidine rings is 1. The molecule has 1 aliphatic heterocycles. The minimum absolute atomic E-state index is 0. The highest BCUT2D eigenvalue weighted by molar-refractivity contribution is 7.12. The number of esters is 1. The van der Waals surface area contributed by atoms with Gasteiger partial charge in [0.1, 0.15) is 0 Å². The van der Waals surface area contributed by atoms with Crippen LogP contribution >= 0.6 is 23.7 Å². The molecule has 0 spiro atoms. The summed E-state index contributed by atoms with van der Waals surface area (Å²) < 4.78 is 5.36. The number of benzene rings is 1. The Morgan fingerprint density at radius 3 is 2.55 bits per heavy atom. The van der Waals surface area contributed by atoms with E-state index in [-0.39, 0.29) is 18.4 Å². The number of hydrogen-bond donors (Lipinski definition) is 1. The zero-order valence-electron chi connectivity index (χ0n) is 17.5. The van der Waals surface area contributed by atoms with Gasteiger partial charge in [-0.25, -0.2) is 0 Å². The van der Waals surface area contributed by atoms with E-state index in [0.717, 1.165) is 43.6 Å². The first-order valence-electron chi connectivity index (χ1n) is 10.3. The first kappa shape index (κ1) is 22.1. The number of aryl methyl sites for hydroxylation is 2. The molecule has 0 saturated carbocycles. The number of carbonyl (C=O) groups excluding carboxylic acids is 1. The quantitative estimate of drug-likeness (QED) is 0.670. The van der Waals surface area contributed by atoms with Crippen molar-refractivity contribution in [1.29, 1.82) is 0 Å². The van der Waals surface area contributed by atoms with Crippen molar-refractivity contribution in [3.63, 3.8) is 0 Å². The molecule has 0 amide bonds. The summed E-state index contributed by atoms with van der Waals surface area (Å²) in [4.78, 5) is 15.1. The van der Waals surface area contributed by atoms with Crippen molar-refractivity contribution in [3.8, 4) is 0 Å². The van der Waals surface area contributed by atoms with Crippen LogP contribution in [0.3, 0.4) is 0 Å². The van der Waals surface area contributed by atoms with Gasteiger partial charge in [0.15, 0.2) is 0 Å². The van der Waals surface area contributed by atoms with Gasteiger partial charge in [-0.3, -0.25) is 4.79 Å². The summed E-state index contributed by atoms with van der Waals surface area (Å²) in [6.07, 6.45) is 4.27. The van der Waals surface area contributed by atoms with Crippen LogP contribution in [0.25, 0.3) is 5.57 Å². The Labute approximate surface area is 184 Å². The number of hydrogen-bond acceptors (Lipinski definition) is 4. The van der Waals surface area contributed by atoms with E-state index in [2.05, 4.69) is 35.6 Å². The minimum Gasteiger partial charge on any atom is -0.465 e. The van der Waals surface area contributed by atoms with Crippen LogP contribution in [-0.4, -0.2) is 25.7 Å². The third kappa shape index (κ3) is 4.16. The molecule has 2 aromatic rings. The van der Waals surface area contributed by atoms with Gasteiger partial charge in [-0.2, -0.15) is 0 Å². The highest BCUT2D eigenvalue weighted by Gasteiger charge is 2.35. The molecule has 1 aromatic carbocycles. The molecule has 1 fully saturated rings. The van der Waals surface area contributed by atoms with E-state index in [1.807, 2.05) is 20.8 Å². The predicted octanol–water partition coefficient (Wildman–Crippen LogP) is 5.29. The van der Waals surface area contributed by atoms with Crippen LogP contribution in [0.5, 0.6) is 0 Å². The summed E-state index contributed by atoms with van der Waals surface area (Å²) in [6.45, 7) is 8.35. The maximum atomic E-state index is 12.6. The molecule has 0 atom stereocenters. The molecular weight excluding hydrogens is 402 g/mol. The molecule has 4 rings (SSSR count). The molecule has 0 unspecified atom stereocenters. The van der Waals surface area contributed by atoms with Crippen molar-refractivity contribution >= 4 is 35.3 Å². The van der Waals surface area contributed by atoms with E-state index in [9.17, 15) is 4.79 Å². The molecule has 0 radical (unpaired) electrons. The van der Waals surface area contributed by atoms with Crippen molar-refractivity contribution in [2.45, 2.75) is 51.9 Å². The van der Waals surface area contributed by atoms with Crippen molar-refractivity contribution in [2.24, 2.45) is 0 Å². The Bertz CT molecular complexity index is 921. The Morgan fingerprint density at radius 2 is 1.83 bits per heavy atom. The monoisotopic (exact) mass is 431 g/mol. The molecule has 5 heteroatoms. The van der Waals surface area contributed by atoms with Crippen LogP contribution in [0, 0.1) is 0 Å². The molecule has 0 bridgehead atoms. The average molecular weight is 432 g/mol. The van der Waals surface area contributed by atoms with Crippen LogP contribution in [-0.2, 0) is 27.8 Å². The Hall–Kier alpha value is -1.62. The number of halogens is 1. The topological polar surface area (TPSA) is 38.3 Å². The van der Waals surface area contributed by atoms with Gasteiger partial charge < -0.3 is 10.1 Å². The van der Waals surface area contributed by atoms with Crippen LogP contribution in [0.1, 0.15) is 60.1 Å². The third-order valence-corrected chi connectivity index (χ3v) is 7.47. The molecular formula is C24H30ClNO2S. The largest absolute Gasteiger partial charge is 0.465 e. The summed E-state index contributed by atoms with van der Waals surface area (Å²) in [6, 6.07) is 11.1. The van der Waals surface area contributed by atoms with Crippen molar-refractivity contribution < 1.29 is 9.53 Å². The van der Waals surface area contributed by atoms with Crippen LogP contribution < -0.4 is 5.32 Å². The highest BCUT2D eigenvalue weighted by atomic mass is 35.5. The fourth-order valence-corrected chi connectivity index (χ4v) is 5.54. The van der Waals surface area contributed by atoms with Crippen molar-refractivity contribution in [3.05, 3.63) is 62.3 Å². The molecule has 1 aliphatic carbocycles. The van der Waals surface area contributed by atoms with Gasteiger partial charge in [-0.05, 0) is 87.9 Å². The highest BCUT2D eigenvalue weighted by Crippen LogP contribution is 2.44. The molecule has 1 aromatic heterocycles. The van der Waals surface area contributed by atoms with Crippen LogP contribution in [0.2, 0.25) is 0 Å². The normalized spacial score (nSPS) is 16.4. The average Bonchev–Trinajstić information content (AvgIpc) is 3.07. The van der Waals surface area contributed by atoms with Gasteiger partial charge in [0.25, 0.3) is 0 Å². The van der Waals surface area contributed by atoms with Gasteiger partial charge in [0, 0.05) is 9.75 Å². The lowest BCUT2D eigenvalue weighted by atomic mass is 9.86. The lowest BCUT2D eigenvalue weighted by molar-refractivity contribution is -0.148. The lowest BCUT2D eigenvalue weighted by Crippen LogP contribution is -2.30. The van der Waals surface area contributed by atoms with Crippen molar-refractivity contribution in [1.82, 2.24) is 5.32 Å². The molecule has 2 heterocycles. The summed E-state index contributed by atoms with van der Waals surface area (Å²) >= 11 is 1.80. The van der Waals surface area contributed by atoms with Crippen LogP contribution in [0.15, 0.2) is 35.9 Å². The van der Waals surface area contributed by atoms with Gasteiger partial charge in [-0.1, -0.05) is 29.8 Å². The smallest absolute Gasteiger partial charge is 0.316 e. The Balaban J connectivity index is 0.00000240. The number of nitrogens with one attached hydrogen (secondary N) is 1. The second-order valence-corrected chi connectivity index (χ2v) is 9.32. The molecule has 2 aliphatic rings. The van der Waals surface area contributed by atoms with Gasteiger partial charge in [0.2, 0.25) is 0 Å². The first-order chi connectivity index (χ1) is 13.5. The third-order valence-electron chi connectivity index (χ3n) is 5.95. The second-order valence-electron chi connectivity index (χ2n) is 8.18. The van der Waals surface area contributed by atoms with Gasteiger partial charge in [0.05, 0.1) is 12.0 Å². The fourth-order valence-electron chi connectivity index (χ4n) is 4.28.